The number of piperidine rings is 1. The number of fused-ring (bicyclic) bond motifs is 1. The Kier molecular flexibility index (Phi) is 4.30. The number of rotatable bonds is 2. The molecule has 1 aromatic carbocycles. The molecular weight excluding hydrogens is 310 g/mol. The zero-order chi connectivity index (χ0) is 17.3. The fourth-order valence-electron chi connectivity index (χ4n) is 4.55. The van der Waals surface area contributed by atoms with Gasteiger partial charge < -0.3 is 4.90 Å². The molecule has 0 bridgehead atoms. The second-order valence-electron chi connectivity index (χ2n) is 7.59. The van der Waals surface area contributed by atoms with Crippen LogP contribution in [0.4, 0.5) is 5.69 Å². The Bertz CT molecular complexity index is 761. The highest BCUT2D eigenvalue weighted by molar-refractivity contribution is 5.93. The van der Waals surface area contributed by atoms with E-state index in [1.165, 1.54) is 24.0 Å². The maximum Gasteiger partial charge on any atom is 0.223 e. The number of likely N-dealkylation sites (tertiary alicyclic amines) is 1. The Balaban J connectivity index is 1.58. The van der Waals surface area contributed by atoms with Crippen molar-refractivity contribution in [1.29, 1.82) is 0 Å². The van der Waals surface area contributed by atoms with Crippen LogP contribution in [-0.2, 0) is 17.8 Å². The number of nitrogens with zero attached hydrogens (tertiary/aromatic N) is 3. The molecule has 130 valence electrons. The lowest BCUT2D eigenvalue weighted by molar-refractivity contribution is -0.117. The van der Waals surface area contributed by atoms with Crippen molar-refractivity contribution in [3.05, 3.63) is 59.9 Å². The van der Waals surface area contributed by atoms with Gasteiger partial charge in [-0.05, 0) is 49.1 Å². The third-order valence-corrected chi connectivity index (χ3v) is 5.59. The van der Waals surface area contributed by atoms with Gasteiger partial charge in [0.05, 0.1) is 0 Å². The number of hydrogen-bond acceptors (Lipinski definition) is 3. The predicted molar refractivity (Wildman–Crippen MR) is 99.4 cm³/mol. The molecule has 2 aliphatic heterocycles. The third-order valence-electron chi connectivity index (χ3n) is 5.59. The van der Waals surface area contributed by atoms with Gasteiger partial charge in [0.25, 0.3) is 0 Å². The first-order chi connectivity index (χ1) is 12.2. The Morgan fingerprint density at radius 1 is 1.20 bits per heavy atom. The zero-order valence-corrected chi connectivity index (χ0v) is 14.8. The minimum atomic E-state index is 0.149. The van der Waals surface area contributed by atoms with Gasteiger partial charge in [0.1, 0.15) is 0 Å². The van der Waals surface area contributed by atoms with Crippen LogP contribution in [0, 0.1) is 5.41 Å². The summed E-state index contributed by atoms with van der Waals surface area (Å²) in [5, 5.41) is 0. The van der Waals surface area contributed by atoms with Crippen molar-refractivity contribution >= 4 is 11.6 Å². The van der Waals surface area contributed by atoms with Crippen molar-refractivity contribution in [2.24, 2.45) is 5.41 Å². The van der Waals surface area contributed by atoms with Crippen LogP contribution in [0.2, 0.25) is 0 Å². The number of carbonyl (C=O) groups is 1. The fourth-order valence-corrected chi connectivity index (χ4v) is 4.55. The second-order valence-corrected chi connectivity index (χ2v) is 7.59. The molecule has 25 heavy (non-hydrogen) atoms. The molecule has 2 aromatic rings. The molecule has 4 rings (SSSR count). The van der Waals surface area contributed by atoms with Crippen LogP contribution < -0.4 is 4.90 Å². The second kappa shape index (κ2) is 6.60. The third kappa shape index (κ3) is 3.31. The molecule has 2 aliphatic rings. The van der Waals surface area contributed by atoms with Crippen LogP contribution in [0.25, 0.3) is 0 Å². The largest absolute Gasteiger partial charge is 0.312 e. The van der Waals surface area contributed by atoms with E-state index in [2.05, 4.69) is 34.1 Å². The monoisotopic (exact) mass is 335 g/mol. The quantitative estimate of drug-likeness (QED) is 0.845. The summed E-state index contributed by atoms with van der Waals surface area (Å²) >= 11 is 0. The average Bonchev–Trinajstić information content (AvgIpc) is 2.62. The van der Waals surface area contributed by atoms with Crippen molar-refractivity contribution in [3.63, 3.8) is 0 Å². The Hall–Kier alpha value is -2.20. The maximum absolute atomic E-state index is 12.3. The molecule has 0 N–H and O–H groups in total. The number of hydrogen-bond donors (Lipinski definition) is 0. The molecule has 3 heterocycles. The highest BCUT2D eigenvalue weighted by atomic mass is 16.2. The summed E-state index contributed by atoms with van der Waals surface area (Å²) in [6.45, 7) is 5.63. The lowest BCUT2D eigenvalue weighted by atomic mass is 9.72. The Morgan fingerprint density at radius 2 is 2.08 bits per heavy atom. The molecular formula is C21H25N3O. The summed E-state index contributed by atoms with van der Waals surface area (Å²) in [6, 6.07) is 12.5. The van der Waals surface area contributed by atoms with E-state index in [0.717, 1.165) is 38.3 Å². The summed E-state index contributed by atoms with van der Waals surface area (Å²) in [6.07, 6.45) is 7.22. The number of pyridine rings is 1. The summed E-state index contributed by atoms with van der Waals surface area (Å²) in [7, 11) is 0. The first kappa shape index (κ1) is 16.3. The van der Waals surface area contributed by atoms with Gasteiger partial charge in [0, 0.05) is 50.1 Å². The topological polar surface area (TPSA) is 36.4 Å². The van der Waals surface area contributed by atoms with Crippen molar-refractivity contribution in [2.45, 2.75) is 32.7 Å². The average molecular weight is 335 g/mol. The molecule has 0 saturated carbocycles. The number of carbonyl (C=O) groups excluding carboxylic acids is 1. The van der Waals surface area contributed by atoms with E-state index in [0.29, 0.717) is 0 Å². The van der Waals surface area contributed by atoms with Crippen LogP contribution >= 0.6 is 0 Å². The van der Waals surface area contributed by atoms with E-state index >= 15 is 0 Å². The van der Waals surface area contributed by atoms with Gasteiger partial charge in [-0.1, -0.05) is 24.3 Å². The van der Waals surface area contributed by atoms with E-state index in [1.807, 2.05) is 29.4 Å². The van der Waals surface area contributed by atoms with Gasteiger partial charge in [-0.15, -0.1) is 0 Å². The molecule has 4 heteroatoms. The summed E-state index contributed by atoms with van der Waals surface area (Å²) < 4.78 is 0. The van der Waals surface area contributed by atoms with Gasteiger partial charge in [-0.3, -0.25) is 14.7 Å². The number of anilines is 1. The van der Waals surface area contributed by atoms with Gasteiger partial charge in [-0.25, -0.2) is 0 Å². The van der Waals surface area contributed by atoms with E-state index in [1.54, 1.807) is 6.92 Å². The summed E-state index contributed by atoms with van der Waals surface area (Å²) in [4.78, 5) is 21.0. The molecule has 1 amide bonds. The molecule has 1 atom stereocenters. The predicted octanol–water partition coefficient (Wildman–Crippen LogP) is 3.27. The van der Waals surface area contributed by atoms with Crippen molar-refractivity contribution in [3.8, 4) is 0 Å². The number of amides is 1. The molecule has 1 fully saturated rings. The highest BCUT2D eigenvalue weighted by Crippen LogP contribution is 2.42. The van der Waals surface area contributed by atoms with Crippen LogP contribution in [0.3, 0.4) is 0 Å². The van der Waals surface area contributed by atoms with E-state index in [9.17, 15) is 4.79 Å². The van der Waals surface area contributed by atoms with Crippen LogP contribution in [0.5, 0.6) is 0 Å². The molecule has 1 unspecified atom stereocenters. The highest BCUT2D eigenvalue weighted by Gasteiger charge is 2.41. The molecule has 1 saturated heterocycles. The van der Waals surface area contributed by atoms with E-state index in [-0.39, 0.29) is 11.3 Å². The first-order valence-electron chi connectivity index (χ1n) is 9.13. The lowest BCUT2D eigenvalue weighted by Crippen LogP contribution is -2.53. The standard InChI is InChI=1S/C21H25N3O/c1-17(25)24-16-21(12-19-7-2-3-8-20(19)24)9-5-11-23(15-21)14-18-6-4-10-22-13-18/h2-4,6-8,10,13H,5,9,11-12,14-16H2,1H3. The Labute approximate surface area is 149 Å². The fraction of sp³-hybridized carbons (Fsp3) is 0.429. The van der Waals surface area contributed by atoms with Crippen molar-refractivity contribution in [2.75, 3.05) is 24.5 Å². The number of para-hydroxylation sites is 1. The number of benzene rings is 1. The van der Waals surface area contributed by atoms with E-state index in [4.69, 9.17) is 0 Å². The van der Waals surface area contributed by atoms with Crippen LogP contribution in [0.15, 0.2) is 48.8 Å². The summed E-state index contributed by atoms with van der Waals surface area (Å²) in [5.41, 5.74) is 3.84. The van der Waals surface area contributed by atoms with Crippen LogP contribution in [-0.4, -0.2) is 35.4 Å². The smallest absolute Gasteiger partial charge is 0.223 e. The van der Waals surface area contributed by atoms with Gasteiger partial charge in [0.2, 0.25) is 5.91 Å². The summed E-state index contributed by atoms with van der Waals surface area (Å²) in [5.74, 6) is 0.149. The van der Waals surface area contributed by atoms with Gasteiger partial charge >= 0.3 is 0 Å². The zero-order valence-electron chi connectivity index (χ0n) is 14.8. The number of aromatic nitrogens is 1. The minimum Gasteiger partial charge on any atom is -0.312 e. The molecule has 1 aromatic heterocycles. The first-order valence-corrected chi connectivity index (χ1v) is 9.13. The molecule has 0 aliphatic carbocycles. The van der Waals surface area contributed by atoms with Gasteiger partial charge in [0.15, 0.2) is 0 Å². The van der Waals surface area contributed by atoms with Gasteiger partial charge in [-0.2, -0.15) is 0 Å². The molecule has 4 nitrogen and oxygen atoms in total. The van der Waals surface area contributed by atoms with Crippen molar-refractivity contribution < 1.29 is 4.79 Å². The Morgan fingerprint density at radius 3 is 2.88 bits per heavy atom. The molecule has 0 radical (unpaired) electrons. The van der Waals surface area contributed by atoms with Crippen LogP contribution in [0.1, 0.15) is 30.9 Å². The SMILES string of the molecule is CC(=O)N1CC2(CCCN(Cc3cccnc3)C2)Cc2ccccc21. The van der Waals surface area contributed by atoms with Crippen molar-refractivity contribution in [1.82, 2.24) is 9.88 Å². The normalized spacial score (nSPS) is 23.5. The lowest BCUT2D eigenvalue weighted by Gasteiger charge is -2.48. The maximum atomic E-state index is 12.3. The van der Waals surface area contributed by atoms with E-state index < -0.39 is 0 Å². The molecule has 1 spiro atoms. The minimum absolute atomic E-state index is 0.149.